The Hall–Kier alpha value is -0.970. The zero-order valence-corrected chi connectivity index (χ0v) is 11.3. The number of halogens is 2. The quantitative estimate of drug-likeness (QED) is 0.894. The lowest BCUT2D eigenvalue weighted by Crippen LogP contribution is -2.39. The molecule has 1 amide bonds. The number of hydrogen-bond donors (Lipinski definition) is 2. The fraction of sp³-hybridized carbons (Fsp3) is 0.417. The Kier molecular flexibility index (Phi) is 3.71. The summed E-state index contributed by atoms with van der Waals surface area (Å²) in [6.07, 6.45) is 1.57. The van der Waals surface area contributed by atoms with Gasteiger partial charge in [-0.15, -0.1) is 0 Å². The van der Waals surface area contributed by atoms with Gasteiger partial charge in [-0.05, 0) is 25.0 Å². The molecule has 2 N–H and O–H groups in total. The Labute approximate surface area is 115 Å². The van der Waals surface area contributed by atoms with Crippen molar-refractivity contribution >= 4 is 29.1 Å². The van der Waals surface area contributed by atoms with Crippen molar-refractivity contribution in [2.24, 2.45) is 0 Å². The molecule has 1 aliphatic carbocycles. The average molecular weight is 290 g/mol. The molecule has 0 bridgehead atoms. The minimum atomic E-state index is -0.462. The van der Waals surface area contributed by atoms with Gasteiger partial charge < -0.3 is 15.2 Å². The molecule has 1 saturated carbocycles. The predicted octanol–water partition coefficient (Wildman–Crippen LogP) is 2.26. The maximum absolute atomic E-state index is 12.0. The van der Waals surface area contributed by atoms with Crippen LogP contribution in [0.3, 0.4) is 0 Å². The number of methoxy groups -OCH3 is 1. The highest BCUT2D eigenvalue weighted by Gasteiger charge is 2.43. The van der Waals surface area contributed by atoms with E-state index >= 15 is 0 Å². The number of aliphatic hydroxyl groups excluding tert-OH is 1. The number of ether oxygens (including phenoxy) is 1. The van der Waals surface area contributed by atoms with Gasteiger partial charge in [-0.3, -0.25) is 4.79 Å². The van der Waals surface area contributed by atoms with Crippen LogP contribution in [0.1, 0.15) is 23.2 Å². The van der Waals surface area contributed by atoms with Gasteiger partial charge in [0.05, 0.1) is 29.3 Å². The van der Waals surface area contributed by atoms with Crippen molar-refractivity contribution in [1.82, 2.24) is 5.32 Å². The summed E-state index contributed by atoms with van der Waals surface area (Å²) in [6, 6.07) is 2.99. The predicted molar refractivity (Wildman–Crippen MR) is 69.5 cm³/mol. The average Bonchev–Trinajstić information content (AvgIpc) is 3.09. The number of aliphatic hydroxyl groups is 1. The molecule has 0 atom stereocenters. The summed E-state index contributed by atoms with van der Waals surface area (Å²) < 4.78 is 5.01. The number of benzene rings is 1. The van der Waals surface area contributed by atoms with E-state index in [4.69, 9.17) is 33.0 Å². The van der Waals surface area contributed by atoms with Gasteiger partial charge in [0.15, 0.2) is 5.75 Å². The van der Waals surface area contributed by atoms with Gasteiger partial charge in [0.25, 0.3) is 5.91 Å². The molecular formula is C12H13Cl2NO3. The van der Waals surface area contributed by atoms with Crippen molar-refractivity contribution in [3.8, 4) is 5.75 Å². The second-order valence-electron chi connectivity index (χ2n) is 4.37. The monoisotopic (exact) mass is 289 g/mol. The molecule has 18 heavy (non-hydrogen) atoms. The van der Waals surface area contributed by atoms with E-state index in [1.54, 1.807) is 0 Å². The van der Waals surface area contributed by atoms with Crippen LogP contribution in [0.25, 0.3) is 0 Å². The number of carbonyl (C=O) groups is 1. The summed E-state index contributed by atoms with van der Waals surface area (Å²) >= 11 is 11.9. The third-order valence-electron chi connectivity index (χ3n) is 3.00. The molecule has 1 aromatic carbocycles. The molecule has 0 heterocycles. The summed E-state index contributed by atoms with van der Waals surface area (Å²) in [5.41, 5.74) is -0.110. The normalized spacial score (nSPS) is 16.2. The van der Waals surface area contributed by atoms with Gasteiger partial charge in [0.2, 0.25) is 0 Å². The summed E-state index contributed by atoms with van der Waals surface area (Å²) in [4.78, 5) is 12.0. The lowest BCUT2D eigenvalue weighted by molar-refractivity contribution is 0.0907. The highest BCUT2D eigenvalue weighted by molar-refractivity contribution is 6.37. The third-order valence-corrected chi connectivity index (χ3v) is 3.56. The number of rotatable bonds is 4. The Balaban J connectivity index is 2.21. The lowest BCUT2D eigenvalue weighted by atomic mass is 10.1. The lowest BCUT2D eigenvalue weighted by Gasteiger charge is -2.15. The van der Waals surface area contributed by atoms with E-state index in [0.29, 0.717) is 11.3 Å². The van der Waals surface area contributed by atoms with E-state index in [-0.39, 0.29) is 22.6 Å². The molecular weight excluding hydrogens is 277 g/mol. The van der Waals surface area contributed by atoms with Crippen LogP contribution in [-0.4, -0.2) is 30.3 Å². The Bertz CT molecular complexity index is 463. The van der Waals surface area contributed by atoms with Crippen molar-refractivity contribution in [2.45, 2.75) is 18.4 Å². The van der Waals surface area contributed by atoms with E-state index in [1.165, 1.54) is 19.2 Å². The number of hydrogen-bond acceptors (Lipinski definition) is 3. The number of amides is 1. The second kappa shape index (κ2) is 4.96. The van der Waals surface area contributed by atoms with Crippen LogP contribution in [0, 0.1) is 0 Å². The third kappa shape index (κ3) is 2.55. The second-order valence-corrected chi connectivity index (χ2v) is 5.18. The Morgan fingerprint density at radius 3 is 2.39 bits per heavy atom. The molecule has 0 saturated heterocycles. The molecule has 1 fully saturated rings. The fourth-order valence-corrected chi connectivity index (χ4v) is 2.31. The van der Waals surface area contributed by atoms with Crippen LogP contribution in [0.2, 0.25) is 10.0 Å². The van der Waals surface area contributed by atoms with Crippen LogP contribution in [-0.2, 0) is 0 Å². The molecule has 0 radical (unpaired) electrons. The van der Waals surface area contributed by atoms with Crippen LogP contribution < -0.4 is 10.1 Å². The SMILES string of the molecule is COc1c(Cl)cc(C(=O)NC2(CO)CC2)cc1Cl. The maximum atomic E-state index is 12.0. The molecule has 6 heteroatoms. The van der Waals surface area contributed by atoms with E-state index in [2.05, 4.69) is 5.32 Å². The zero-order chi connectivity index (χ0) is 13.3. The molecule has 98 valence electrons. The van der Waals surface area contributed by atoms with Crippen LogP contribution in [0.15, 0.2) is 12.1 Å². The van der Waals surface area contributed by atoms with E-state index in [0.717, 1.165) is 12.8 Å². The molecule has 0 spiro atoms. The largest absolute Gasteiger partial charge is 0.494 e. The van der Waals surface area contributed by atoms with Crippen molar-refractivity contribution in [3.63, 3.8) is 0 Å². The summed E-state index contributed by atoms with van der Waals surface area (Å²) in [5.74, 6) is 0.0474. The molecule has 1 aliphatic rings. The molecule has 4 nitrogen and oxygen atoms in total. The Morgan fingerprint density at radius 1 is 1.44 bits per heavy atom. The maximum Gasteiger partial charge on any atom is 0.251 e. The fourth-order valence-electron chi connectivity index (χ4n) is 1.67. The zero-order valence-electron chi connectivity index (χ0n) is 9.80. The molecule has 2 rings (SSSR count). The van der Waals surface area contributed by atoms with Crippen molar-refractivity contribution in [1.29, 1.82) is 0 Å². The number of nitrogens with one attached hydrogen (secondary N) is 1. The molecule has 1 aromatic rings. The first-order valence-electron chi connectivity index (χ1n) is 5.48. The summed E-state index contributed by atoms with van der Waals surface area (Å²) in [5, 5.41) is 12.5. The topological polar surface area (TPSA) is 58.6 Å². The van der Waals surface area contributed by atoms with Gasteiger partial charge in [0, 0.05) is 5.56 Å². The van der Waals surface area contributed by atoms with Crippen molar-refractivity contribution < 1.29 is 14.6 Å². The van der Waals surface area contributed by atoms with Gasteiger partial charge in [-0.2, -0.15) is 0 Å². The van der Waals surface area contributed by atoms with Crippen molar-refractivity contribution in [2.75, 3.05) is 13.7 Å². The van der Waals surface area contributed by atoms with E-state index in [1.807, 2.05) is 0 Å². The first-order chi connectivity index (χ1) is 8.51. The summed E-state index contributed by atoms with van der Waals surface area (Å²) in [7, 11) is 1.46. The standard InChI is InChI=1S/C12H13Cl2NO3/c1-18-10-8(13)4-7(5-9(10)14)11(17)15-12(6-16)2-3-12/h4-5,16H,2-3,6H2,1H3,(H,15,17). The van der Waals surface area contributed by atoms with E-state index in [9.17, 15) is 4.79 Å². The van der Waals surface area contributed by atoms with E-state index < -0.39 is 5.54 Å². The number of carbonyl (C=O) groups excluding carboxylic acids is 1. The molecule has 0 unspecified atom stereocenters. The Morgan fingerprint density at radius 2 is 2.00 bits per heavy atom. The highest BCUT2D eigenvalue weighted by Crippen LogP contribution is 2.36. The van der Waals surface area contributed by atoms with Crippen LogP contribution in [0.4, 0.5) is 0 Å². The van der Waals surface area contributed by atoms with Gasteiger partial charge in [-0.25, -0.2) is 0 Å². The first kappa shape index (κ1) is 13.5. The first-order valence-corrected chi connectivity index (χ1v) is 6.23. The molecule has 0 aliphatic heterocycles. The van der Waals surface area contributed by atoms with Gasteiger partial charge in [0.1, 0.15) is 0 Å². The minimum absolute atomic E-state index is 0.0592. The van der Waals surface area contributed by atoms with Gasteiger partial charge >= 0.3 is 0 Å². The highest BCUT2D eigenvalue weighted by atomic mass is 35.5. The molecule has 0 aromatic heterocycles. The van der Waals surface area contributed by atoms with Crippen LogP contribution in [0.5, 0.6) is 5.75 Å². The van der Waals surface area contributed by atoms with Crippen LogP contribution >= 0.6 is 23.2 Å². The smallest absolute Gasteiger partial charge is 0.251 e. The minimum Gasteiger partial charge on any atom is -0.494 e. The summed E-state index contributed by atoms with van der Waals surface area (Å²) in [6.45, 7) is -0.0592. The van der Waals surface area contributed by atoms with Gasteiger partial charge in [-0.1, -0.05) is 23.2 Å². The van der Waals surface area contributed by atoms with Crippen molar-refractivity contribution in [3.05, 3.63) is 27.7 Å².